The van der Waals surface area contributed by atoms with Crippen molar-refractivity contribution >= 4 is 11.9 Å². The van der Waals surface area contributed by atoms with E-state index in [9.17, 15) is 9.59 Å². The van der Waals surface area contributed by atoms with Crippen LogP contribution >= 0.6 is 0 Å². The molecule has 0 aromatic rings. The fourth-order valence-electron chi connectivity index (χ4n) is 3.12. The highest BCUT2D eigenvalue weighted by molar-refractivity contribution is 5.78. The molecule has 7 heteroatoms. The van der Waals surface area contributed by atoms with E-state index in [4.69, 9.17) is 9.84 Å². The van der Waals surface area contributed by atoms with E-state index in [2.05, 4.69) is 4.90 Å². The third kappa shape index (κ3) is 6.85. The molecule has 0 saturated carbocycles. The summed E-state index contributed by atoms with van der Waals surface area (Å²) in [6.45, 7) is 11.0. The zero-order valence-corrected chi connectivity index (χ0v) is 15.0. The minimum absolute atomic E-state index is 0.00668. The summed E-state index contributed by atoms with van der Waals surface area (Å²) in [6, 6.07) is 0.363. The molecule has 7 nitrogen and oxygen atoms in total. The Bertz CT molecular complexity index is 393. The van der Waals surface area contributed by atoms with Crippen molar-refractivity contribution in [2.75, 3.05) is 46.4 Å². The van der Waals surface area contributed by atoms with Gasteiger partial charge < -0.3 is 14.7 Å². The number of rotatable bonds is 8. The van der Waals surface area contributed by atoms with Crippen LogP contribution in [0.15, 0.2) is 0 Å². The highest BCUT2D eigenvalue weighted by Gasteiger charge is 2.27. The number of morpholine rings is 1. The number of amides is 1. The number of carboxylic acids is 1. The molecule has 134 valence electrons. The van der Waals surface area contributed by atoms with Crippen LogP contribution in [0.3, 0.4) is 0 Å². The number of carbonyl (C=O) groups excluding carboxylic acids is 1. The molecule has 1 saturated heterocycles. The Labute approximate surface area is 139 Å². The maximum atomic E-state index is 12.5. The first-order valence-corrected chi connectivity index (χ1v) is 8.26. The summed E-state index contributed by atoms with van der Waals surface area (Å²) in [5.41, 5.74) is 0. The van der Waals surface area contributed by atoms with Crippen molar-refractivity contribution in [2.45, 2.75) is 45.9 Å². The fourth-order valence-corrected chi connectivity index (χ4v) is 3.12. The predicted molar refractivity (Wildman–Crippen MR) is 88.4 cm³/mol. The minimum atomic E-state index is -0.847. The lowest BCUT2D eigenvalue weighted by atomic mass is 10.2. The van der Waals surface area contributed by atoms with E-state index < -0.39 is 5.97 Å². The average Bonchev–Trinajstić information content (AvgIpc) is 2.36. The molecule has 1 N–H and O–H groups in total. The maximum Gasteiger partial charge on any atom is 0.317 e. The second-order valence-electron chi connectivity index (χ2n) is 6.81. The fraction of sp³-hybridized carbons (Fsp3) is 0.875. The van der Waals surface area contributed by atoms with Gasteiger partial charge in [0, 0.05) is 31.7 Å². The van der Waals surface area contributed by atoms with Crippen molar-refractivity contribution in [3.05, 3.63) is 0 Å². The van der Waals surface area contributed by atoms with Crippen LogP contribution in [0, 0.1) is 0 Å². The van der Waals surface area contributed by atoms with Crippen LogP contribution in [-0.2, 0) is 14.3 Å². The van der Waals surface area contributed by atoms with E-state index in [0.29, 0.717) is 26.2 Å². The van der Waals surface area contributed by atoms with E-state index in [-0.39, 0.29) is 30.6 Å². The third-order valence-corrected chi connectivity index (χ3v) is 3.90. The Kier molecular flexibility index (Phi) is 7.94. The highest BCUT2D eigenvalue weighted by Crippen LogP contribution is 2.10. The van der Waals surface area contributed by atoms with Gasteiger partial charge in [-0.1, -0.05) is 0 Å². The molecule has 0 bridgehead atoms. The van der Waals surface area contributed by atoms with Crippen molar-refractivity contribution in [3.8, 4) is 0 Å². The van der Waals surface area contributed by atoms with Gasteiger partial charge in [0.1, 0.15) is 0 Å². The third-order valence-electron chi connectivity index (χ3n) is 3.90. The number of ether oxygens (including phenoxy) is 1. The lowest BCUT2D eigenvalue weighted by Crippen LogP contribution is -2.52. The number of nitrogens with zero attached hydrogens (tertiary/aromatic N) is 3. The molecular formula is C16H31N3O4. The average molecular weight is 329 g/mol. The molecule has 0 spiro atoms. The quantitative estimate of drug-likeness (QED) is 0.693. The molecule has 1 fully saturated rings. The Balaban J connectivity index is 2.51. The van der Waals surface area contributed by atoms with Crippen molar-refractivity contribution in [2.24, 2.45) is 0 Å². The number of carboxylic acid groups (broad SMARTS) is 1. The molecule has 1 heterocycles. The standard InChI is InChI=1S/C16H31N3O4/c1-12(2)19(13(3)4)15(20)10-18-6-7-23-14(9-18)8-17(5)11-16(21)22/h12-14H,6-11H2,1-5H3,(H,21,22). The number of aliphatic carboxylic acids is 1. The molecule has 1 aliphatic rings. The van der Waals surface area contributed by atoms with E-state index in [1.807, 2.05) is 32.6 Å². The monoisotopic (exact) mass is 329 g/mol. The van der Waals surface area contributed by atoms with Crippen molar-refractivity contribution in [1.82, 2.24) is 14.7 Å². The zero-order valence-electron chi connectivity index (χ0n) is 15.0. The SMILES string of the molecule is CC(C)N(C(=O)CN1CCOC(CN(C)CC(=O)O)C1)C(C)C. The van der Waals surface area contributed by atoms with Gasteiger partial charge in [0.05, 0.1) is 25.8 Å². The van der Waals surface area contributed by atoms with Crippen LogP contribution in [-0.4, -0.2) is 96.2 Å². The number of hydrogen-bond donors (Lipinski definition) is 1. The van der Waals surface area contributed by atoms with Gasteiger partial charge in [-0.25, -0.2) is 0 Å². The van der Waals surface area contributed by atoms with Crippen molar-refractivity contribution in [1.29, 1.82) is 0 Å². The molecule has 0 aromatic heterocycles. The molecule has 1 amide bonds. The van der Waals surface area contributed by atoms with E-state index in [1.165, 1.54) is 0 Å². The normalized spacial score (nSPS) is 19.6. The summed E-state index contributed by atoms with van der Waals surface area (Å²) >= 11 is 0. The molecule has 0 radical (unpaired) electrons. The molecule has 1 aliphatic heterocycles. The Morgan fingerprint density at radius 3 is 2.39 bits per heavy atom. The molecule has 0 aliphatic carbocycles. The first-order valence-electron chi connectivity index (χ1n) is 8.26. The van der Waals surface area contributed by atoms with Gasteiger partial charge in [0.25, 0.3) is 0 Å². The van der Waals surface area contributed by atoms with Gasteiger partial charge in [-0.2, -0.15) is 0 Å². The summed E-state index contributed by atoms with van der Waals surface area (Å²) < 4.78 is 5.70. The topological polar surface area (TPSA) is 73.3 Å². The molecule has 1 rings (SSSR count). The zero-order chi connectivity index (χ0) is 17.6. The van der Waals surface area contributed by atoms with Crippen molar-refractivity contribution < 1.29 is 19.4 Å². The van der Waals surface area contributed by atoms with Crippen LogP contribution in [0.4, 0.5) is 0 Å². The summed E-state index contributed by atoms with van der Waals surface area (Å²) in [7, 11) is 1.76. The summed E-state index contributed by atoms with van der Waals surface area (Å²) in [5, 5.41) is 8.81. The molecule has 1 atom stereocenters. The lowest BCUT2D eigenvalue weighted by Gasteiger charge is -2.37. The second-order valence-corrected chi connectivity index (χ2v) is 6.81. The van der Waals surface area contributed by atoms with Crippen LogP contribution in [0.2, 0.25) is 0 Å². The smallest absolute Gasteiger partial charge is 0.317 e. The maximum absolute atomic E-state index is 12.5. The molecule has 0 aromatic carbocycles. The summed E-state index contributed by atoms with van der Waals surface area (Å²) in [5.74, 6) is -0.714. The summed E-state index contributed by atoms with van der Waals surface area (Å²) in [6.07, 6.45) is -0.0625. The van der Waals surface area contributed by atoms with Crippen LogP contribution in [0.1, 0.15) is 27.7 Å². The van der Waals surface area contributed by atoms with Crippen LogP contribution in [0.5, 0.6) is 0 Å². The van der Waals surface area contributed by atoms with Gasteiger partial charge in [-0.3, -0.25) is 19.4 Å². The van der Waals surface area contributed by atoms with Gasteiger partial charge in [-0.15, -0.1) is 0 Å². The number of hydrogen-bond acceptors (Lipinski definition) is 5. The van der Waals surface area contributed by atoms with Crippen LogP contribution in [0.25, 0.3) is 0 Å². The molecule has 1 unspecified atom stereocenters. The number of likely N-dealkylation sites (N-methyl/N-ethyl adjacent to an activating group) is 1. The van der Waals surface area contributed by atoms with Gasteiger partial charge in [0.15, 0.2) is 0 Å². The first-order chi connectivity index (χ1) is 10.7. The van der Waals surface area contributed by atoms with Crippen LogP contribution < -0.4 is 0 Å². The Morgan fingerprint density at radius 2 is 1.87 bits per heavy atom. The van der Waals surface area contributed by atoms with Crippen molar-refractivity contribution in [3.63, 3.8) is 0 Å². The van der Waals surface area contributed by atoms with E-state index in [1.54, 1.807) is 11.9 Å². The summed E-state index contributed by atoms with van der Waals surface area (Å²) in [4.78, 5) is 29.0. The Hall–Kier alpha value is -1.18. The Morgan fingerprint density at radius 1 is 1.26 bits per heavy atom. The van der Waals surface area contributed by atoms with E-state index in [0.717, 1.165) is 6.54 Å². The van der Waals surface area contributed by atoms with E-state index >= 15 is 0 Å². The highest BCUT2D eigenvalue weighted by atomic mass is 16.5. The van der Waals surface area contributed by atoms with Gasteiger partial charge in [-0.05, 0) is 34.7 Å². The van der Waals surface area contributed by atoms with Gasteiger partial charge in [0.2, 0.25) is 5.91 Å². The minimum Gasteiger partial charge on any atom is -0.480 e. The van der Waals surface area contributed by atoms with Gasteiger partial charge >= 0.3 is 5.97 Å². The number of carbonyl (C=O) groups is 2. The first kappa shape index (κ1) is 19.9. The molecular weight excluding hydrogens is 298 g/mol. The predicted octanol–water partition coefficient (Wildman–Crippen LogP) is 0.349. The lowest BCUT2D eigenvalue weighted by molar-refractivity contribution is -0.138. The second kappa shape index (κ2) is 9.20. The molecule has 23 heavy (non-hydrogen) atoms. The largest absolute Gasteiger partial charge is 0.480 e.